The monoisotopic (exact) mass is 401 g/mol. The molecule has 0 saturated carbocycles. The highest BCUT2D eigenvalue weighted by molar-refractivity contribution is 7.11. The second kappa shape index (κ2) is 7.44. The Balaban J connectivity index is 1.19. The molecule has 5 nitrogen and oxygen atoms in total. The van der Waals surface area contributed by atoms with Crippen molar-refractivity contribution in [1.82, 2.24) is 9.88 Å². The molecule has 5 rings (SSSR count). The van der Waals surface area contributed by atoms with E-state index < -0.39 is 0 Å². The van der Waals surface area contributed by atoms with E-state index in [2.05, 4.69) is 9.88 Å². The molecule has 0 aliphatic carbocycles. The first-order valence-corrected chi connectivity index (χ1v) is 10.9. The van der Waals surface area contributed by atoms with Gasteiger partial charge in [0.15, 0.2) is 0 Å². The number of thiazole rings is 1. The van der Waals surface area contributed by atoms with Crippen molar-refractivity contribution in [2.45, 2.75) is 44.8 Å². The highest BCUT2D eigenvalue weighted by atomic mass is 32.1. The molecule has 0 spiro atoms. The second-order valence-corrected chi connectivity index (χ2v) is 8.95. The number of benzene rings is 1. The number of fused-ring (bicyclic) bond motifs is 2. The van der Waals surface area contributed by atoms with Crippen molar-refractivity contribution in [2.24, 2.45) is 0 Å². The maximum absolute atomic E-state index is 13.7. The number of piperidine rings is 1. The molecule has 4 heterocycles. The zero-order chi connectivity index (χ0) is 19.1. The second-order valence-electron chi connectivity index (χ2n) is 7.79. The lowest BCUT2D eigenvalue weighted by molar-refractivity contribution is -0.131. The van der Waals surface area contributed by atoms with E-state index in [9.17, 15) is 9.18 Å². The van der Waals surface area contributed by atoms with Gasteiger partial charge in [-0.15, -0.1) is 11.3 Å². The van der Waals surface area contributed by atoms with E-state index in [1.165, 1.54) is 10.4 Å². The predicted octanol–water partition coefficient (Wildman–Crippen LogP) is 2.95. The number of halogens is 1. The smallest absolute Gasteiger partial charge is 0.229 e. The predicted molar refractivity (Wildman–Crippen MR) is 106 cm³/mol. The largest absolute Gasteiger partial charge is 0.375 e. The van der Waals surface area contributed by atoms with Crippen molar-refractivity contribution in [1.29, 1.82) is 0 Å². The number of carbonyl (C=O) groups is 1. The minimum atomic E-state index is -0.171. The zero-order valence-corrected chi connectivity index (χ0v) is 16.6. The van der Waals surface area contributed by atoms with Crippen molar-refractivity contribution in [2.75, 3.05) is 31.1 Å². The summed E-state index contributed by atoms with van der Waals surface area (Å²) in [7, 11) is 0. The molecule has 28 heavy (non-hydrogen) atoms. The Bertz CT molecular complexity index is 868. The van der Waals surface area contributed by atoms with E-state index in [4.69, 9.17) is 4.74 Å². The Morgan fingerprint density at radius 1 is 1.25 bits per heavy atom. The van der Waals surface area contributed by atoms with Crippen molar-refractivity contribution in [3.05, 3.63) is 45.2 Å². The van der Waals surface area contributed by atoms with Crippen LogP contribution in [0.3, 0.4) is 0 Å². The summed E-state index contributed by atoms with van der Waals surface area (Å²) in [5.74, 6) is -0.00635. The van der Waals surface area contributed by atoms with E-state index >= 15 is 0 Å². The number of hydrogen-bond donors (Lipinski definition) is 0. The number of amides is 1. The van der Waals surface area contributed by atoms with Crippen LogP contribution < -0.4 is 4.90 Å². The first kappa shape index (κ1) is 18.1. The van der Waals surface area contributed by atoms with Gasteiger partial charge in [0.25, 0.3) is 0 Å². The summed E-state index contributed by atoms with van der Waals surface area (Å²) in [6.45, 7) is 3.83. The zero-order valence-electron chi connectivity index (χ0n) is 15.8. The standard InChI is InChI=1S/C21H24FN3O2S/c22-15-2-1-14-3-9-25(18(14)11-15)16-4-7-24(8-5-16)21(26)12-20-23-17-6-10-27-13-19(17)28-20/h1-2,11,16H,3-10,12-13H2. The molecule has 2 aromatic rings. The van der Waals surface area contributed by atoms with Crippen molar-refractivity contribution < 1.29 is 13.9 Å². The lowest BCUT2D eigenvalue weighted by Crippen LogP contribution is -2.46. The number of nitrogens with zero attached hydrogens (tertiary/aromatic N) is 3. The van der Waals surface area contributed by atoms with Crippen LogP contribution in [0.15, 0.2) is 18.2 Å². The fraction of sp³-hybridized carbons (Fsp3) is 0.524. The average Bonchev–Trinajstić information content (AvgIpc) is 3.31. The summed E-state index contributed by atoms with van der Waals surface area (Å²) in [6, 6.07) is 5.50. The van der Waals surface area contributed by atoms with Gasteiger partial charge < -0.3 is 14.5 Å². The number of ether oxygens (including phenoxy) is 1. The maximum atomic E-state index is 13.7. The molecule has 1 amide bonds. The minimum absolute atomic E-state index is 0.165. The number of carbonyl (C=O) groups excluding carboxylic acids is 1. The van der Waals surface area contributed by atoms with Gasteiger partial charge in [0.05, 0.1) is 30.2 Å². The van der Waals surface area contributed by atoms with Crippen LogP contribution in [-0.4, -0.2) is 48.1 Å². The fourth-order valence-electron chi connectivity index (χ4n) is 4.58. The Morgan fingerprint density at radius 3 is 2.93 bits per heavy atom. The molecule has 0 bridgehead atoms. The van der Waals surface area contributed by atoms with Gasteiger partial charge in [0, 0.05) is 37.8 Å². The fourth-order valence-corrected chi connectivity index (χ4v) is 5.62. The summed E-state index contributed by atoms with van der Waals surface area (Å²) < 4.78 is 19.1. The Kier molecular flexibility index (Phi) is 4.80. The highest BCUT2D eigenvalue weighted by Gasteiger charge is 2.31. The lowest BCUT2D eigenvalue weighted by Gasteiger charge is -2.38. The molecule has 0 N–H and O–H groups in total. The van der Waals surface area contributed by atoms with Crippen molar-refractivity contribution in [3.8, 4) is 0 Å². The summed E-state index contributed by atoms with van der Waals surface area (Å²) in [4.78, 5) is 22.9. The van der Waals surface area contributed by atoms with E-state index in [1.54, 1.807) is 23.5 Å². The van der Waals surface area contributed by atoms with Gasteiger partial charge in [0.1, 0.15) is 10.8 Å². The third-order valence-corrected chi connectivity index (χ3v) is 7.15. The Labute approximate surface area is 168 Å². The van der Waals surface area contributed by atoms with Crippen molar-refractivity contribution in [3.63, 3.8) is 0 Å². The molecule has 1 saturated heterocycles. The SMILES string of the molecule is O=C(Cc1nc2c(s1)COCC2)N1CCC(N2CCc3ccc(F)cc32)CC1. The molecule has 1 aromatic carbocycles. The topological polar surface area (TPSA) is 45.7 Å². The van der Waals surface area contributed by atoms with Gasteiger partial charge in [-0.3, -0.25) is 4.79 Å². The van der Waals surface area contributed by atoms with Crippen LogP contribution in [0.4, 0.5) is 10.1 Å². The number of likely N-dealkylation sites (tertiary alicyclic amines) is 1. The number of rotatable bonds is 3. The first-order chi connectivity index (χ1) is 13.7. The molecular weight excluding hydrogens is 377 g/mol. The third-order valence-electron chi connectivity index (χ3n) is 6.08. The normalized spacial score (nSPS) is 19.6. The molecule has 3 aliphatic heterocycles. The van der Waals surface area contributed by atoms with Crippen LogP contribution in [0.5, 0.6) is 0 Å². The van der Waals surface area contributed by atoms with E-state index in [-0.39, 0.29) is 11.7 Å². The van der Waals surface area contributed by atoms with Gasteiger partial charge >= 0.3 is 0 Å². The molecule has 1 fully saturated rings. The summed E-state index contributed by atoms with van der Waals surface area (Å²) in [5.41, 5.74) is 3.38. The maximum Gasteiger partial charge on any atom is 0.229 e. The molecule has 3 aliphatic rings. The minimum Gasteiger partial charge on any atom is -0.375 e. The average molecular weight is 402 g/mol. The number of aromatic nitrogens is 1. The van der Waals surface area contributed by atoms with E-state index in [0.717, 1.165) is 68.3 Å². The van der Waals surface area contributed by atoms with Gasteiger partial charge in [-0.25, -0.2) is 9.37 Å². The van der Waals surface area contributed by atoms with E-state index in [1.807, 2.05) is 11.0 Å². The Hall–Kier alpha value is -1.99. The van der Waals surface area contributed by atoms with Gasteiger partial charge in [-0.1, -0.05) is 6.07 Å². The summed E-state index contributed by atoms with van der Waals surface area (Å²) in [5, 5.41) is 0.909. The number of anilines is 1. The van der Waals surface area contributed by atoms with Gasteiger partial charge in [-0.2, -0.15) is 0 Å². The molecule has 7 heteroatoms. The quantitative estimate of drug-likeness (QED) is 0.793. The Morgan fingerprint density at radius 2 is 2.11 bits per heavy atom. The highest BCUT2D eigenvalue weighted by Crippen LogP contribution is 2.33. The van der Waals surface area contributed by atoms with Crippen LogP contribution in [0.1, 0.15) is 34.0 Å². The van der Waals surface area contributed by atoms with Crippen LogP contribution in [0.25, 0.3) is 0 Å². The molecule has 0 unspecified atom stereocenters. The summed E-state index contributed by atoms with van der Waals surface area (Å²) in [6.07, 6.45) is 4.09. The molecular formula is C21H24FN3O2S. The molecule has 148 valence electrons. The van der Waals surface area contributed by atoms with Crippen LogP contribution in [0, 0.1) is 5.82 Å². The molecule has 1 aromatic heterocycles. The van der Waals surface area contributed by atoms with Gasteiger partial charge in [0.2, 0.25) is 5.91 Å². The third kappa shape index (κ3) is 3.42. The number of hydrogen-bond acceptors (Lipinski definition) is 5. The molecule has 0 radical (unpaired) electrons. The van der Waals surface area contributed by atoms with Crippen LogP contribution in [0.2, 0.25) is 0 Å². The van der Waals surface area contributed by atoms with Gasteiger partial charge in [-0.05, 0) is 37.0 Å². The first-order valence-electron chi connectivity index (χ1n) is 10.1. The van der Waals surface area contributed by atoms with Crippen LogP contribution in [-0.2, 0) is 35.4 Å². The van der Waals surface area contributed by atoms with E-state index in [0.29, 0.717) is 19.1 Å². The molecule has 0 atom stereocenters. The summed E-state index contributed by atoms with van der Waals surface area (Å²) >= 11 is 1.61. The lowest BCUT2D eigenvalue weighted by atomic mass is 10.0. The van der Waals surface area contributed by atoms with Crippen molar-refractivity contribution >= 4 is 22.9 Å². The van der Waals surface area contributed by atoms with Crippen LogP contribution >= 0.6 is 11.3 Å².